The van der Waals surface area contributed by atoms with E-state index < -0.39 is 0 Å². The summed E-state index contributed by atoms with van der Waals surface area (Å²) < 4.78 is 0. The molecule has 0 aromatic carbocycles. The molecule has 1 aliphatic carbocycles. The van der Waals surface area contributed by atoms with Crippen LogP contribution in [0.25, 0.3) is 0 Å². The quantitative estimate of drug-likeness (QED) is 0.665. The fourth-order valence-corrected chi connectivity index (χ4v) is 2.04. The van der Waals surface area contributed by atoms with Crippen molar-refractivity contribution in [2.75, 3.05) is 13.1 Å². The molecule has 1 atom stereocenters. The third-order valence-corrected chi connectivity index (χ3v) is 3.82. The zero-order valence-corrected chi connectivity index (χ0v) is 10.7. The van der Waals surface area contributed by atoms with Crippen LogP contribution in [0.1, 0.15) is 52.4 Å². The second kappa shape index (κ2) is 6.24. The second-order valence-corrected chi connectivity index (χ2v) is 5.11. The van der Waals surface area contributed by atoms with E-state index in [-0.39, 0.29) is 11.3 Å². The van der Waals surface area contributed by atoms with Crippen molar-refractivity contribution in [3.8, 4) is 0 Å². The standard InChI is InChI=1S/C13H26N2O/c1-3-5-6-11(4-2)9-15-12(16)13(10-14)7-8-13/h11H,3-10,14H2,1-2H3,(H,15,16). The van der Waals surface area contributed by atoms with Crippen LogP contribution in [0.5, 0.6) is 0 Å². The van der Waals surface area contributed by atoms with Crippen LogP contribution in [0.3, 0.4) is 0 Å². The van der Waals surface area contributed by atoms with Crippen molar-refractivity contribution in [3.05, 3.63) is 0 Å². The van der Waals surface area contributed by atoms with Crippen molar-refractivity contribution in [3.63, 3.8) is 0 Å². The number of carbonyl (C=O) groups excluding carboxylic acids is 1. The molecule has 0 aliphatic heterocycles. The molecule has 1 fully saturated rings. The Labute approximate surface area is 99.2 Å². The monoisotopic (exact) mass is 226 g/mol. The molecule has 0 radical (unpaired) electrons. The van der Waals surface area contributed by atoms with E-state index in [0.29, 0.717) is 12.5 Å². The first kappa shape index (κ1) is 13.5. The van der Waals surface area contributed by atoms with Gasteiger partial charge in [0.05, 0.1) is 5.41 Å². The highest BCUT2D eigenvalue weighted by molar-refractivity contribution is 5.85. The lowest BCUT2D eigenvalue weighted by molar-refractivity contribution is -0.126. The number of hydrogen-bond donors (Lipinski definition) is 2. The molecule has 1 saturated carbocycles. The summed E-state index contributed by atoms with van der Waals surface area (Å²) >= 11 is 0. The van der Waals surface area contributed by atoms with Crippen LogP contribution in [0.2, 0.25) is 0 Å². The summed E-state index contributed by atoms with van der Waals surface area (Å²) in [5.74, 6) is 0.822. The molecule has 3 nitrogen and oxygen atoms in total. The van der Waals surface area contributed by atoms with Gasteiger partial charge in [-0.3, -0.25) is 4.79 Å². The molecule has 3 heteroatoms. The van der Waals surface area contributed by atoms with Gasteiger partial charge in [0.15, 0.2) is 0 Å². The molecule has 3 N–H and O–H groups in total. The van der Waals surface area contributed by atoms with Crippen molar-refractivity contribution in [1.29, 1.82) is 0 Å². The fourth-order valence-electron chi connectivity index (χ4n) is 2.04. The van der Waals surface area contributed by atoms with Crippen LogP contribution in [-0.2, 0) is 4.79 Å². The summed E-state index contributed by atoms with van der Waals surface area (Å²) in [6.07, 6.45) is 6.81. The topological polar surface area (TPSA) is 55.1 Å². The number of unbranched alkanes of at least 4 members (excludes halogenated alkanes) is 1. The van der Waals surface area contributed by atoms with Gasteiger partial charge in [0.1, 0.15) is 0 Å². The molecule has 0 bridgehead atoms. The Balaban J connectivity index is 2.24. The molecular formula is C13H26N2O. The van der Waals surface area contributed by atoms with Crippen molar-refractivity contribution in [2.45, 2.75) is 52.4 Å². The average Bonchev–Trinajstić information content (AvgIpc) is 3.10. The van der Waals surface area contributed by atoms with Gasteiger partial charge in [0, 0.05) is 13.1 Å². The zero-order valence-electron chi connectivity index (χ0n) is 10.7. The molecular weight excluding hydrogens is 200 g/mol. The summed E-state index contributed by atoms with van der Waals surface area (Å²) in [6.45, 7) is 5.74. The number of carbonyl (C=O) groups is 1. The van der Waals surface area contributed by atoms with Gasteiger partial charge >= 0.3 is 0 Å². The molecule has 0 aromatic rings. The third kappa shape index (κ3) is 3.48. The molecule has 0 aromatic heterocycles. The lowest BCUT2D eigenvalue weighted by Crippen LogP contribution is -2.38. The normalized spacial score (nSPS) is 19.2. The van der Waals surface area contributed by atoms with Crippen LogP contribution < -0.4 is 11.1 Å². The van der Waals surface area contributed by atoms with E-state index >= 15 is 0 Å². The van der Waals surface area contributed by atoms with Crippen molar-refractivity contribution >= 4 is 5.91 Å². The average molecular weight is 226 g/mol. The maximum atomic E-state index is 11.9. The van der Waals surface area contributed by atoms with Gasteiger partial charge in [0.2, 0.25) is 5.91 Å². The number of amides is 1. The lowest BCUT2D eigenvalue weighted by atomic mass is 9.98. The molecule has 1 amide bonds. The van der Waals surface area contributed by atoms with E-state index in [0.717, 1.165) is 25.8 Å². The summed E-state index contributed by atoms with van der Waals surface area (Å²) in [5, 5.41) is 3.08. The van der Waals surface area contributed by atoms with Crippen molar-refractivity contribution in [2.24, 2.45) is 17.1 Å². The molecule has 16 heavy (non-hydrogen) atoms. The smallest absolute Gasteiger partial charge is 0.227 e. The zero-order chi connectivity index (χ0) is 12.0. The summed E-state index contributed by atoms with van der Waals surface area (Å²) in [5.41, 5.74) is 5.44. The first-order chi connectivity index (χ1) is 7.68. The van der Waals surface area contributed by atoms with Gasteiger partial charge < -0.3 is 11.1 Å². The minimum Gasteiger partial charge on any atom is -0.355 e. The van der Waals surface area contributed by atoms with E-state index in [1.165, 1.54) is 19.3 Å². The van der Waals surface area contributed by atoms with E-state index in [1.807, 2.05) is 0 Å². The highest BCUT2D eigenvalue weighted by atomic mass is 16.2. The van der Waals surface area contributed by atoms with Gasteiger partial charge in [-0.25, -0.2) is 0 Å². The van der Waals surface area contributed by atoms with Gasteiger partial charge in [-0.15, -0.1) is 0 Å². The Morgan fingerprint density at radius 1 is 1.44 bits per heavy atom. The third-order valence-electron chi connectivity index (χ3n) is 3.82. The van der Waals surface area contributed by atoms with Crippen LogP contribution in [0, 0.1) is 11.3 Å². The van der Waals surface area contributed by atoms with E-state index in [9.17, 15) is 4.79 Å². The highest BCUT2D eigenvalue weighted by Crippen LogP contribution is 2.44. The Morgan fingerprint density at radius 3 is 2.56 bits per heavy atom. The van der Waals surface area contributed by atoms with Crippen LogP contribution in [0.4, 0.5) is 0 Å². The van der Waals surface area contributed by atoms with Gasteiger partial charge in [-0.1, -0.05) is 33.1 Å². The first-order valence-corrected chi connectivity index (χ1v) is 6.67. The Bertz CT molecular complexity index is 224. The van der Waals surface area contributed by atoms with Crippen LogP contribution in [-0.4, -0.2) is 19.0 Å². The SMILES string of the molecule is CCCCC(CC)CNC(=O)C1(CN)CC1. The van der Waals surface area contributed by atoms with Crippen molar-refractivity contribution in [1.82, 2.24) is 5.32 Å². The Morgan fingerprint density at radius 2 is 2.12 bits per heavy atom. The fraction of sp³-hybridized carbons (Fsp3) is 0.923. The van der Waals surface area contributed by atoms with Gasteiger partial charge in [-0.05, 0) is 25.2 Å². The summed E-state index contributed by atoms with van der Waals surface area (Å²) in [7, 11) is 0. The number of hydrogen-bond acceptors (Lipinski definition) is 2. The molecule has 94 valence electrons. The highest BCUT2D eigenvalue weighted by Gasteiger charge is 2.48. The molecule has 1 unspecified atom stereocenters. The predicted octanol–water partition coefficient (Wildman–Crippen LogP) is 2.06. The summed E-state index contributed by atoms with van der Waals surface area (Å²) in [6, 6.07) is 0. The molecule has 1 aliphatic rings. The van der Waals surface area contributed by atoms with E-state index in [2.05, 4.69) is 19.2 Å². The van der Waals surface area contributed by atoms with Gasteiger partial charge in [-0.2, -0.15) is 0 Å². The lowest BCUT2D eigenvalue weighted by Gasteiger charge is -2.18. The van der Waals surface area contributed by atoms with Crippen LogP contribution in [0.15, 0.2) is 0 Å². The number of rotatable bonds is 8. The van der Waals surface area contributed by atoms with Crippen molar-refractivity contribution < 1.29 is 4.79 Å². The maximum absolute atomic E-state index is 11.9. The molecule has 1 rings (SSSR count). The maximum Gasteiger partial charge on any atom is 0.227 e. The Kier molecular flexibility index (Phi) is 5.26. The largest absolute Gasteiger partial charge is 0.355 e. The predicted molar refractivity (Wildman–Crippen MR) is 67.0 cm³/mol. The first-order valence-electron chi connectivity index (χ1n) is 6.67. The minimum atomic E-state index is -0.191. The van der Waals surface area contributed by atoms with Gasteiger partial charge in [0.25, 0.3) is 0 Å². The molecule has 0 spiro atoms. The number of nitrogens with two attached hydrogens (primary N) is 1. The minimum absolute atomic E-state index is 0.185. The Hall–Kier alpha value is -0.570. The molecule has 0 heterocycles. The number of nitrogens with one attached hydrogen (secondary N) is 1. The van der Waals surface area contributed by atoms with E-state index in [1.54, 1.807) is 0 Å². The second-order valence-electron chi connectivity index (χ2n) is 5.11. The summed E-state index contributed by atoms with van der Waals surface area (Å²) in [4.78, 5) is 11.9. The van der Waals surface area contributed by atoms with E-state index in [4.69, 9.17) is 5.73 Å². The van der Waals surface area contributed by atoms with Crippen LogP contribution >= 0.6 is 0 Å². The molecule has 0 saturated heterocycles.